The van der Waals surface area contributed by atoms with Crippen molar-refractivity contribution in [3.8, 4) is 11.4 Å². The minimum absolute atomic E-state index is 0.449. The predicted molar refractivity (Wildman–Crippen MR) is 135 cm³/mol. The Morgan fingerprint density at radius 2 is 0.656 bits per heavy atom. The summed E-state index contributed by atoms with van der Waals surface area (Å²) in [6.45, 7) is 0. The van der Waals surface area contributed by atoms with Crippen molar-refractivity contribution in [3.63, 3.8) is 0 Å². The molecule has 2 nitrogen and oxygen atoms in total. The van der Waals surface area contributed by atoms with Gasteiger partial charge in [-0.15, -0.1) is 0 Å². The highest BCUT2D eigenvalue weighted by Gasteiger charge is 2.13. The van der Waals surface area contributed by atoms with Crippen LogP contribution in [0.5, 0.6) is 0 Å². The van der Waals surface area contributed by atoms with E-state index >= 15 is 0 Å². The molecular weight excluding hydrogens is 388 g/mol. The van der Waals surface area contributed by atoms with Crippen LogP contribution in [0.1, 0.15) is 5.48 Å². The maximum absolute atomic E-state index is 8.10. The Morgan fingerprint density at radius 1 is 0.375 bits per heavy atom. The Morgan fingerprint density at radius 3 is 0.938 bits per heavy atom. The third-order valence-corrected chi connectivity index (χ3v) is 6.27. The molecule has 0 fully saturated rings. The van der Waals surface area contributed by atoms with Gasteiger partial charge in [-0.25, -0.2) is 0 Å². The van der Waals surface area contributed by atoms with E-state index in [1.165, 1.54) is 0 Å². The SMILES string of the molecule is [2H]c1ccc2c(c1)c1cc([2H])ccc1n2-c1ccc(-n2c3ccc([2H])cc3c3cc([2H])ccc32)cc1. The number of rotatable bonds is 2. The first-order chi connectivity index (χ1) is 17.5. The number of para-hydroxylation sites is 4. The van der Waals surface area contributed by atoms with Gasteiger partial charge in [0.2, 0.25) is 0 Å². The fraction of sp³-hybridized carbons (Fsp3) is 0. The highest BCUT2D eigenvalue weighted by atomic mass is 15.0. The average molecular weight is 413 g/mol. The van der Waals surface area contributed by atoms with Crippen molar-refractivity contribution in [2.75, 3.05) is 0 Å². The summed E-state index contributed by atoms with van der Waals surface area (Å²) < 4.78 is 36.8. The normalized spacial score (nSPS) is 13.5. The molecule has 0 saturated heterocycles. The first-order valence-corrected chi connectivity index (χ1v) is 10.6. The number of fused-ring (bicyclic) bond motifs is 6. The zero-order valence-corrected chi connectivity index (χ0v) is 17.1. The van der Waals surface area contributed by atoms with Gasteiger partial charge >= 0.3 is 0 Å². The van der Waals surface area contributed by atoms with Crippen molar-refractivity contribution in [1.29, 1.82) is 0 Å². The third kappa shape index (κ3) is 2.35. The Labute approximate surface area is 191 Å². The van der Waals surface area contributed by atoms with Crippen LogP contribution >= 0.6 is 0 Å². The van der Waals surface area contributed by atoms with Crippen LogP contribution in [0, 0.1) is 0 Å². The van der Waals surface area contributed by atoms with E-state index in [1.807, 2.05) is 48.5 Å². The largest absolute Gasteiger partial charge is 0.309 e. The minimum Gasteiger partial charge on any atom is -0.309 e. The van der Waals surface area contributed by atoms with Crippen LogP contribution in [0.25, 0.3) is 55.0 Å². The minimum atomic E-state index is 0.449. The van der Waals surface area contributed by atoms with E-state index in [0.29, 0.717) is 24.2 Å². The molecule has 5 aromatic carbocycles. The Hall–Kier alpha value is -4.30. The summed E-state index contributed by atoms with van der Waals surface area (Å²) in [5.74, 6) is 0. The van der Waals surface area contributed by atoms with Crippen molar-refractivity contribution in [2.24, 2.45) is 0 Å². The van der Waals surface area contributed by atoms with Gasteiger partial charge in [0.1, 0.15) is 0 Å². The fourth-order valence-electron chi connectivity index (χ4n) is 4.90. The molecule has 0 aliphatic carbocycles. The summed E-state index contributed by atoms with van der Waals surface area (Å²) in [7, 11) is 0. The lowest BCUT2D eigenvalue weighted by atomic mass is 10.2. The van der Waals surface area contributed by atoms with Crippen LogP contribution in [-0.2, 0) is 0 Å². The monoisotopic (exact) mass is 412 g/mol. The lowest BCUT2D eigenvalue weighted by Crippen LogP contribution is -1.97. The second kappa shape index (κ2) is 6.60. The number of aromatic nitrogens is 2. The molecule has 7 aromatic rings. The van der Waals surface area contributed by atoms with E-state index in [1.54, 1.807) is 24.3 Å². The molecule has 150 valence electrons. The maximum Gasteiger partial charge on any atom is 0.0623 e. The lowest BCUT2D eigenvalue weighted by molar-refractivity contribution is 1.14. The van der Waals surface area contributed by atoms with Crippen molar-refractivity contribution in [2.45, 2.75) is 0 Å². The van der Waals surface area contributed by atoms with Gasteiger partial charge in [-0.3, -0.25) is 0 Å². The topological polar surface area (TPSA) is 9.86 Å². The van der Waals surface area contributed by atoms with E-state index < -0.39 is 0 Å². The van der Waals surface area contributed by atoms with Gasteiger partial charge in [-0.1, -0.05) is 72.7 Å². The summed E-state index contributed by atoms with van der Waals surface area (Å²) in [6.07, 6.45) is 0. The Kier molecular flexibility index (Phi) is 2.86. The lowest BCUT2D eigenvalue weighted by Gasteiger charge is -2.11. The molecule has 2 heteroatoms. The summed E-state index contributed by atoms with van der Waals surface area (Å²) in [5.41, 5.74) is 6.00. The number of benzene rings is 5. The second-order valence-electron chi connectivity index (χ2n) is 7.96. The van der Waals surface area contributed by atoms with E-state index in [2.05, 4.69) is 33.4 Å². The molecule has 32 heavy (non-hydrogen) atoms. The molecule has 0 radical (unpaired) electrons. The third-order valence-electron chi connectivity index (χ3n) is 6.27. The number of hydrogen-bond donors (Lipinski definition) is 0. The molecule has 0 aliphatic heterocycles. The Balaban J connectivity index is 1.46. The highest BCUT2D eigenvalue weighted by Crippen LogP contribution is 2.34. The van der Waals surface area contributed by atoms with E-state index in [9.17, 15) is 0 Å². The van der Waals surface area contributed by atoms with Crippen LogP contribution in [0.4, 0.5) is 0 Å². The molecule has 0 atom stereocenters. The van der Waals surface area contributed by atoms with Gasteiger partial charge < -0.3 is 9.13 Å². The summed E-state index contributed by atoms with van der Waals surface area (Å²) >= 11 is 0. The zero-order valence-electron chi connectivity index (χ0n) is 21.1. The molecule has 0 unspecified atom stereocenters. The van der Waals surface area contributed by atoms with E-state index in [0.717, 1.165) is 55.0 Å². The van der Waals surface area contributed by atoms with Gasteiger partial charge in [0, 0.05) is 32.9 Å². The molecule has 0 N–H and O–H groups in total. The van der Waals surface area contributed by atoms with Crippen molar-refractivity contribution in [3.05, 3.63) is 121 Å². The summed E-state index contributed by atoms with van der Waals surface area (Å²) in [6, 6.07) is 32.7. The van der Waals surface area contributed by atoms with Gasteiger partial charge in [-0.2, -0.15) is 0 Å². The smallest absolute Gasteiger partial charge is 0.0623 e. The zero-order chi connectivity index (χ0) is 24.6. The number of hydrogen-bond acceptors (Lipinski definition) is 0. The molecule has 0 saturated carbocycles. The molecule has 2 heterocycles. The van der Waals surface area contributed by atoms with Crippen LogP contribution in [0.2, 0.25) is 0 Å². The van der Waals surface area contributed by atoms with Crippen LogP contribution in [0.15, 0.2) is 121 Å². The van der Waals surface area contributed by atoms with Crippen LogP contribution in [-0.4, -0.2) is 9.13 Å². The number of nitrogens with zero attached hydrogens (tertiary/aromatic N) is 2. The van der Waals surface area contributed by atoms with Gasteiger partial charge in [0.15, 0.2) is 0 Å². The molecular formula is C30H20N2. The average Bonchev–Trinajstić information content (AvgIpc) is 3.35. The first-order valence-electron chi connectivity index (χ1n) is 12.6. The molecule has 7 rings (SSSR count). The molecule has 0 aliphatic rings. The summed E-state index contributed by atoms with van der Waals surface area (Å²) in [4.78, 5) is 0. The fourth-order valence-corrected chi connectivity index (χ4v) is 4.90. The van der Waals surface area contributed by atoms with Gasteiger partial charge in [0.05, 0.1) is 27.5 Å². The van der Waals surface area contributed by atoms with E-state index in [-0.39, 0.29) is 0 Å². The summed E-state index contributed by atoms with van der Waals surface area (Å²) in [5, 5.41) is 3.87. The van der Waals surface area contributed by atoms with Crippen molar-refractivity contribution in [1.82, 2.24) is 9.13 Å². The predicted octanol–water partition coefficient (Wildman–Crippen LogP) is 7.88. The first kappa shape index (κ1) is 13.9. The van der Waals surface area contributed by atoms with E-state index in [4.69, 9.17) is 5.48 Å². The standard InChI is InChI=1S/C30H20N2/c1-5-13-27-23(9-1)24-10-2-6-14-28(24)31(27)21-17-19-22(20-18-21)32-29-15-7-3-11-25(29)26-12-4-8-16-30(26)32/h1-20H/i1D,2D,3D,4D. The quantitative estimate of drug-likeness (QED) is 0.273. The van der Waals surface area contributed by atoms with Gasteiger partial charge in [-0.05, 0) is 48.5 Å². The van der Waals surface area contributed by atoms with Crippen molar-refractivity contribution >= 4 is 43.6 Å². The van der Waals surface area contributed by atoms with Crippen LogP contribution < -0.4 is 0 Å². The molecule has 0 bridgehead atoms. The molecule has 0 amide bonds. The second-order valence-corrected chi connectivity index (χ2v) is 7.96. The highest BCUT2D eigenvalue weighted by molar-refractivity contribution is 6.10. The Bertz CT molecular complexity index is 1720. The van der Waals surface area contributed by atoms with Crippen LogP contribution in [0.3, 0.4) is 0 Å². The molecule has 0 spiro atoms. The van der Waals surface area contributed by atoms with Gasteiger partial charge in [0.25, 0.3) is 0 Å². The van der Waals surface area contributed by atoms with Crippen molar-refractivity contribution < 1.29 is 5.48 Å². The molecule has 2 aromatic heterocycles. The maximum atomic E-state index is 8.10.